The highest BCUT2D eigenvalue weighted by Gasteiger charge is 2.37. The standard InChI is InChI=1S/C18H21N3O/c1-2-11-21-16(13-20-18(21)22)17-15(9-6-10-19-17)12-14-7-4-3-5-8-14/h1,3-5,7-9,16-17,19H,6,10-13H2,(H,20,22). The Balaban J connectivity index is 1.79. The normalized spacial score (nSPS) is 24.6. The van der Waals surface area contributed by atoms with Crippen molar-refractivity contribution in [2.75, 3.05) is 19.6 Å². The van der Waals surface area contributed by atoms with Crippen molar-refractivity contribution in [2.24, 2.45) is 0 Å². The molecule has 1 aromatic rings. The largest absolute Gasteiger partial charge is 0.336 e. The molecule has 2 aliphatic rings. The summed E-state index contributed by atoms with van der Waals surface area (Å²) >= 11 is 0. The lowest BCUT2D eigenvalue weighted by Gasteiger charge is -2.34. The number of terminal acetylenes is 1. The van der Waals surface area contributed by atoms with Gasteiger partial charge in [-0.15, -0.1) is 6.42 Å². The summed E-state index contributed by atoms with van der Waals surface area (Å²) in [4.78, 5) is 13.7. The third kappa shape index (κ3) is 3.00. The maximum atomic E-state index is 12.0. The van der Waals surface area contributed by atoms with Crippen molar-refractivity contribution in [3.8, 4) is 12.3 Å². The zero-order valence-electron chi connectivity index (χ0n) is 12.6. The summed E-state index contributed by atoms with van der Waals surface area (Å²) < 4.78 is 0. The number of hydrogen-bond acceptors (Lipinski definition) is 2. The van der Waals surface area contributed by atoms with Crippen LogP contribution in [-0.4, -0.2) is 42.6 Å². The van der Waals surface area contributed by atoms with Crippen LogP contribution in [0.3, 0.4) is 0 Å². The molecule has 22 heavy (non-hydrogen) atoms. The Labute approximate surface area is 131 Å². The van der Waals surface area contributed by atoms with Crippen LogP contribution >= 0.6 is 0 Å². The van der Waals surface area contributed by atoms with Gasteiger partial charge in [0.05, 0.1) is 18.6 Å². The van der Waals surface area contributed by atoms with E-state index in [-0.39, 0.29) is 18.1 Å². The molecule has 0 saturated carbocycles. The van der Waals surface area contributed by atoms with Crippen LogP contribution in [0.15, 0.2) is 42.0 Å². The second-order valence-corrected chi connectivity index (χ2v) is 5.75. The highest BCUT2D eigenvalue weighted by atomic mass is 16.2. The Kier molecular flexibility index (Phi) is 4.45. The van der Waals surface area contributed by atoms with Crippen molar-refractivity contribution in [3.63, 3.8) is 0 Å². The number of amides is 2. The number of nitrogens with zero attached hydrogens (tertiary/aromatic N) is 1. The SMILES string of the molecule is C#CCN1C(=O)NCC1C1NCCC=C1Cc1ccccc1. The molecule has 0 aliphatic carbocycles. The number of benzene rings is 1. The van der Waals surface area contributed by atoms with E-state index >= 15 is 0 Å². The first-order valence-electron chi connectivity index (χ1n) is 7.74. The molecule has 0 radical (unpaired) electrons. The summed E-state index contributed by atoms with van der Waals surface area (Å²) in [6, 6.07) is 10.6. The van der Waals surface area contributed by atoms with Crippen LogP contribution in [0.25, 0.3) is 0 Å². The minimum absolute atomic E-state index is 0.0608. The van der Waals surface area contributed by atoms with Crippen LogP contribution in [0.2, 0.25) is 0 Å². The molecule has 0 aromatic heterocycles. The van der Waals surface area contributed by atoms with Gasteiger partial charge >= 0.3 is 6.03 Å². The topological polar surface area (TPSA) is 44.4 Å². The van der Waals surface area contributed by atoms with Gasteiger partial charge in [0.2, 0.25) is 0 Å². The first kappa shape index (κ1) is 14.7. The van der Waals surface area contributed by atoms with Crippen molar-refractivity contribution >= 4 is 6.03 Å². The van der Waals surface area contributed by atoms with Crippen LogP contribution in [0.1, 0.15) is 12.0 Å². The Morgan fingerprint density at radius 3 is 2.91 bits per heavy atom. The van der Waals surface area contributed by atoms with E-state index in [1.807, 2.05) is 6.07 Å². The minimum atomic E-state index is -0.0608. The highest BCUT2D eigenvalue weighted by Crippen LogP contribution is 2.22. The Hall–Kier alpha value is -2.25. The molecule has 2 N–H and O–H groups in total. The fourth-order valence-corrected chi connectivity index (χ4v) is 3.29. The number of rotatable bonds is 4. The average molecular weight is 295 g/mol. The van der Waals surface area contributed by atoms with Crippen molar-refractivity contribution in [2.45, 2.75) is 24.9 Å². The molecule has 4 nitrogen and oxygen atoms in total. The molecule has 2 amide bonds. The van der Waals surface area contributed by atoms with E-state index in [0.717, 1.165) is 19.4 Å². The maximum absolute atomic E-state index is 12.0. The molecule has 2 heterocycles. The molecule has 2 aliphatic heterocycles. The quantitative estimate of drug-likeness (QED) is 0.654. The fraction of sp³-hybridized carbons (Fsp3) is 0.389. The van der Waals surface area contributed by atoms with E-state index in [2.05, 4.69) is 46.9 Å². The maximum Gasteiger partial charge on any atom is 0.318 e. The summed E-state index contributed by atoms with van der Waals surface area (Å²) in [6.07, 6.45) is 9.66. The zero-order chi connectivity index (χ0) is 15.4. The average Bonchev–Trinajstić information content (AvgIpc) is 2.91. The van der Waals surface area contributed by atoms with Gasteiger partial charge in [0.25, 0.3) is 0 Å². The number of carbonyl (C=O) groups is 1. The summed E-state index contributed by atoms with van der Waals surface area (Å²) in [5.74, 6) is 2.59. The molecule has 114 valence electrons. The number of urea groups is 1. The van der Waals surface area contributed by atoms with Gasteiger partial charge in [0.1, 0.15) is 0 Å². The monoisotopic (exact) mass is 295 g/mol. The van der Waals surface area contributed by atoms with E-state index < -0.39 is 0 Å². The predicted octanol–water partition coefficient (Wildman–Crippen LogP) is 1.54. The van der Waals surface area contributed by atoms with Gasteiger partial charge in [-0.25, -0.2) is 4.79 Å². The Morgan fingerprint density at radius 1 is 1.32 bits per heavy atom. The van der Waals surface area contributed by atoms with Crippen LogP contribution in [0.5, 0.6) is 0 Å². The van der Waals surface area contributed by atoms with Crippen molar-refractivity contribution in [3.05, 3.63) is 47.5 Å². The van der Waals surface area contributed by atoms with Gasteiger partial charge in [0.15, 0.2) is 0 Å². The van der Waals surface area contributed by atoms with E-state index in [4.69, 9.17) is 6.42 Å². The third-order valence-electron chi connectivity index (χ3n) is 4.34. The van der Waals surface area contributed by atoms with Gasteiger partial charge in [-0.3, -0.25) is 0 Å². The van der Waals surface area contributed by atoms with Gasteiger partial charge in [-0.05, 0) is 24.9 Å². The fourth-order valence-electron chi connectivity index (χ4n) is 3.29. The van der Waals surface area contributed by atoms with Crippen LogP contribution in [0, 0.1) is 12.3 Å². The molecule has 2 atom stereocenters. The highest BCUT2D eigenvalue weighted by molar-refractivity contribution is 5.77. The van der Waals surface area contributed by atoms with Crippen LogP contribution in [0.4, 0.5) is 4.79 Å². The zero-order valence-corrected chi connectivity index (χ0v) is 12.6. The summed E-state index contributed by atoms with van der Waals surface area (Å²) in [7, 11) is 0. The van der Waals surface area contributed by atoms with Gasteiger partial charge in [-0.2, -0.15) is 0 Å². The van der Waals surface area contributed by atoms with Gasteiger partial charge < -0.3 is 15.5 Å². The van der Waals surface area contributed by atoms with E-state index in [0.29, 0.717) is 13.1 Å². The minimum Gasteiger partial charge on any atom is -0.336 e. The molecule has 4 heteroatoms. The summed E-state index contributed by atoms with van der Waals surface area (Å²) in [6.45, 7) is 1.94. The molecular formula is C18H21N3O. The molecule has 1 fully saturated rings. The second-order valence-electron chi connectivity index (χ2n) is 5.75. The first-order valence-corrected chi connectivity index (χ1v) is 7.74. The van der Waals surface area contributed by atoms with E-state index in [9.17, 15) is 4.79 Å². The number of hydrogen-bond donors (Lipinski definition) is 2. The lowest BCUT2D eigenvalue weighted by Crippen LogP contribution is -2.52. The number of carbonyl (C=O) groups excluding carboxylic acids is 1. The summed E-state index contributed by atoms with van der Waals surface area (Å²) in [5.41, 5.74) is 2.64. The van der Waals surface area contributed by atoms with Gasteiger partial charge in [-0.1, -0.05) is 47.9 Å². The Morgan fingerprint density at radius 2 is 2.14 bits per heavy atom. The van der Waals surface area contributed by atoms with Crippen LogP contribution in [-0.2, 0) is 6.42 Å². The van der Waals surface area contributed by atoms with Crippen LogP contribution < -0.4 is 10.6 Å². The van der Waals surface area contributed by atoms with Crippen molar-refractivity contribution in [1.82, 2.24) is 15.5 Å². The molecule has 0 spiro atoms. The van der Waals surface area contributed by atoms with Crippen molar-refractivity contribution in [1.29, 1.82) is 0 Å². The lowest BCUT2D eigenvalue weighted by atomic mass is 9.90. The molecule has 2 unspecified atom stereocenters. The predicted molar refractivity (Wildman–Crippen MR) is 87.4 cm³/mol. The molecular weight excluding hydrogens is 274 g/mol. The second kappa shape index (κ2) is 6.67. The molecule has 0 bridgehead atoms. The van der Waals surface area contributed by atoms with Crippen molar-refractivity contribution < 1.29 is 4.79 Å². The summed E-state index contributed by atoms with van der Waals surface area (Å²) in [5, 5.41) is 6.48. The third-order valence-corrected chi connectivity index (χ3v) is 4.34. The van der Waals surface area contributed by atoms with Gasteiger partial charge in [0, 0.05) is 6.54 Å². The number of nitrogens with one attached hydrogen (secondary N) is 2. The smallest absolute Gasteiger partial charge is 0.318 e. The molecule has 1 saturated heterocycles. The molecule has 1 aromatic carbocycles. The van der Waals surface area contributed by atoms with E-state index in [1.54, 1.807) is 4.90 Å². The first-order chi connectivity index (χ1) is 10.8. The lowest BCUT2D eigenvalue weighted by molar-refractivity contribution is 0.202. The molecule has 3 rings (SSSR count). The Bertz CT molecular complexity index is 603. The van der Waals surface area contributed by atoms with E-state index in [1.165, 1.54) is 11.1 Å².